The Kier molecular flexibility index (Phi) is 7.18. The third-order valence-corrected chi connectivity index (χ3v) is 4.85. The van der Waals surface area contributed by atoms with Crippen LogP contribution < -0.4 is 0 Å². The average molecular weight is 236 g/mol. The van der Waals surface area contributed by atoms with Crippen LogP contribution in [-0.2, 0) is 9.84 Å². The second-order valence-electron chi connectivity index (χ2n) is 4.35. The predicted molar refractivity (Wildman–Crippen MR) is 63.7 cm³/mol. The van der Waals surface area contributed by atoms with Gasteiger partial charge in [0.15, 0.2) is 9.84 Å². The third kappa shape index (κ3) is 6.90. The first-order valence-corrected chi connectivity index (χ1v) is 7.51. The zero-order valence-corrected chi connectivity index (χ0v) is 10.9. The highest BCUT2D eigenvalue weighted by Gasteiger charge is 2.15. The SMILES string of the molecule is CCCC(O)CCCCS(=O)(=O)C(C)C. The molecule has 4 heteroatoms. The van der Waals surface area contributed by atoms with E-state index in [1.54, 1.807) is 13.8 Å². The van der Waals surface area contributed by atoms with E-state index in [1.807, 2.05) is 6.92 Å². The van der Waals surface area contributed by atoms with Crippen molar-refractivity contribution >= 4 is 9.84 Å². The molecule has 15 heavy (non-hydrogen) atoms. The van der Waals surface area contributed by atoms with Gasteiger partial charge in [0.2, 0.25) is 0 Å². The summed E-state index contributed by atoms with van der Waals surface area (Å²) < 4.78 is 22.9. The number of unbranched alkanes of at least 4 members (excludes halogenated alkanes) is 1. The van der Waals surface area contributed by atoms with E-state index < -0.39 is 9.84 Å². The van der Waals surface area contributed by atoms with Gasteiger partial charge in [-0.2, -0.15) is 0 Å². The number of aliphatic hydroxyl groups is 1. The standard InChI is InChI=1S/C11H24O3S/c1-4-7-11(12)8-5-6-9-15(13,14)10(2)3/h10-12H,4-9H2,1-3H3. The van der Waals surface area contributed by atoms with Gasteiger partial charge in [0.05, 0.1) is 17.1 Å². The Bertz CT molecular complexity index is 245. The second-order valence-corrected chi connectivity index (χ2v) is 7.03. The van der Waals surface area contributed by atoms with Gasteiger partial charge >= 0.3 is 0 Å². The van der Waals surface area contributed by atoms with Crippen molar-refractivity contribution in [1.29, 1.82) is 0 Å². The molecule has 0 rings (SSSR count). The van der Waals surface area contributed by atoms with E-state index in [4.69, 9.17) is 0 Å². The summed E-state index contributed by atoms with van der Waals surface area (Å²) in [6, 6.07) is 0. The summed E-state index contributed by atoms with van der Waals surface area (Å²) in [6.07, 6.45) is 3.73. The number of hydrogen-bond donors (Lipinski definition) is 1. The number of rotatable bonds is 8. The van der Waals surface area contributed by atoms with E-state index in [0.717, 1.165) is 25.7 Å². The van der Waals surface area contributed by atoms with Crippen LogP contribution in [0.5, 0.6) is 0 Å². The minimum Gasteiger partial charge on any atom is -0.393 e. The molecule has 1 atom stereocenters. The molecule has 0 aromatic carbocycles. The molecule has 3 nitrogen and oxygen atoms in total. The largest absolute Gasteiger partial charge is 0.393 e. The lowest BCUT2D eigenvalue weighted by Gasteiger charge is -2.10. The van der Waals surface area contributed by atoms with Gasteiger partial charge in [0.25, 0.3) is 0 Å². The molecule has 0 aliphatic rings. The molecule has 0 aliphatic heterocycles. The fourth-order valence-electron chi connectivity index (χ4n) is 1.40. The van der Waals surface area contributed by atoms with Crippen LogP contribution in [0, 0.1) is 0 Å². The van der Waals surface area contributed by atoms with E-state index in [9.17, 15) is 13.5 Å². The van der Waals surface area contributed by atoms with E-state index in [0.29, 0.717) is 6.42 Å². The van der Waals surface area contributed by atoms with E-state index in [1.165, 1.54) is 0 Å². The highest BCUT2D eigenvalue weighted by Crippen LogP contribution is 2.09. The molecular weight excluding hydrogens is 212 g/mol. The van der Waals surface area contributed by atoms with Crippen molar-refractivity contribution in [3.63, 3.8) is 0 Å². The highest BCUT2D eigenvalue weighted by atomic mass is 32.2. The zero-order valence-electron chi connectivity index (χ0n) is 10.1. The Morgan fingerprint density at radius 2 is 1.73 bits per heavy atom. The minimum atomic E-state index is -2.89. The summed E-state index contributed by atoms with van der Waals surface area (Å²) in [4.78, 5) is 0. The van der Waals surface area contributed by atoms with Crippen molar-refractivity contribution in [3.8, 4) is 0 Å². The number of sulfone groups is 1. The van der Waals surface area contributed by atoms with Crippen molar-refractivity contribution in [2.75, 3.05) is 5.75 Å². The third-order valence-electron chi connectivity index (χ3n) is 2.56. The maximum Gasteiger partial charge on any atom is 0.152 e. The van der Waals surface area contributed by atoms with Gasteiger partial charge in [-0.05, 0) is 39.5 Å². The van der Waals surface area contributed by atoms with Crippen molar-refractivity contribution in [1.82, 2.24) is 0 Å². The zero-order chi connectivity index (χ0) is 11.9. The van der Waals surface area contributed by atoms with E-state index in [-0.39, 0.29) is 17.1 Å². The van der Waals surface area contributed by atoms with Gasteiger partial charge in [-0.3, -0.25) is 0 Å². The smallest absolute Gasteiger partial charge is 0.152 e. The van der Waals surface area contributed by atoms with Gasteiger partial charge in [-0.1, -0.05) is 13.3 Å². The maximum absolute atomic E-state index is 11.4. The molecule has 0 aliphatic carbocycles. The first kappa shape index (κ1) is 14.9. The van der Waals surface area contributed by atoms with E-state index in [2.05, 4.69) is 0 Å². The lowest BCUT2D eigenvalue weighted by molar-refractivity contribution is 0.151. The average Bonchev–Trinajstić information content (AvgIpc) is 2.13. The normalized spacial score (nSPS) is 14.5. The second kappa shape index (κ2) is 7.23. The molecule has 0 aromatic heterocycles. The Balaban J connectivity index is 3.63. The maximum atomic E-state index is 11.4. The van der Waals surface area contributed by atoms with Crippen LogP contribution in [0.25, 0.3) is 0 Å². The van der Waals surface area contributed by atoms with Gasteiger partial charge in [-0.15, -0.1) is 0 Å². The monoisotopic (exact) mass is 236 g/mol. The van der Waals surface area contributed by atoms with Crippen molar-refractivity contribution < 1.29 is 13.5 Å². The summed E-state index contributed by atoms with van der Waals surface area (Å²) in [6.45, 7) is 5.45. The van der Waals surface area contributed by atoms with Crippen LogP contribution in [0.15, 0.2) is 0 Å². The molecule has 1 unspecified atom stereocenters. The summed E-state index contributed by atoms with van der Waals surface area (Å²) in [5.74, 6) is 0.253. The van der Waals surface area contributed by atoms with Crippen LogP contribution >= 0.6 is 0 Å². The molecule has 0 saturated carbocycles. The van der Waals surface area contributed by atoms with Gasteiger partial charge in [0.1, 0.15) is 0 Å². The van der Waals surface area contributed by atoms with Gasteiger partial charge in [-0.25, -0.2) is 8.42 Å². The minimum absolute atomic E-state index is 0.253. The topological polar surface area (TPSA) is 54.4 Å². The molecular formula is C11H24O3S. The molecule has 0 saturated heterocycles. The van der Waals surface area contributed by atoms with Crippen LogP contribution in [0.2, 0.25) is 0 Å². The summed E-state index contributed by atoms with van der Waals surface area (Å²) in [5.41, 5.74) is 0. The number of hydrogen-bond acceptors (Lipinski definition) is 3. The summed E-state index contributed by atoms with van der Waals surface area (Å²) in [7, 11) is -2.89. The molecule has 0 aromatic rings. The van der Waals surface area contributed by atoms with Crippen molar-refractivity contribution in [2.45, 2.75) is 64.2 Å². The van der Waals surface area contributed by atoms with Crippen LogP contribution in [-0.4, -0.2) is 30.6 Å². The van der Waals surface area contributed by atoms with Crippen molar-refractivity contribution in [3.05, 3.63) is 0 Å². The molecule has 0 spiro atoms. The lowest BCUT2D eigenvalue weighted by atomic mass is 10.1. The van der Waals surface area contributed by atoms with Crippen LogP contribution in [0.1, 0.15) is 52.9 Å². The first-order chi connectivity index (χ1) is 6.90. The first-order valence-electron chi connectivity index (χ1n) is 5.79. The molecule has 0 amide bonds. The molecule has 0 heterocycles. The number of aliphatic hydroxyl groups excluding tert-OH is 1. The Hall–Kier alpha value is -0.0900. The van der Waals surface area contributed by atoms with Gasteiger partial charge < -0.3 is 5.11 Å². The van der Waals surface area contributed by atoms with Crippen LogP contribution in [0.4, 0.5) is 0 Å². The van der Waals surface area contributed by atoms with Crippen molar-refractivity contribution in [2.24, 2.45) is 0 Å². The van der Waals surface area contributed by atoms with Gasteiger partial charge in [0, 0.05) is 0 Å². The van der Waals surface area contributed by atoms with Crippen LogP contribution in [0.3, 0.4) is 0 Å². The summed E-state index contributed by atoms with van der Waals surface area (Å²) in [5, 5.41) is 9.16. The fourth-order valence-corrected chi connectivity index (χ4v) is 2.47. The van der Waals surface area contributed by atoms with E-state index >= 15 is 0 Å². The molecule has 1 N–H and O–H groups in total. The Morgan fingerprint density at radius 3 is 2.20 bits per heavy atom. The predicted octanol–water partition coefficient (Wildman–Crippen LogP) is 2.14. The molecule has 0 radical (unpaired) electrons. The molecule has 92 valence electrons. The fraction of sp³-hybridized carbons (Fsp3) is 1.00. The quantitative estimate of drug-likeness (QED) is 0.657. The Morgan fingerprint density at radius 1 is 1.13 bits per heavy atom. The highest BCUT2D eigenvalue weighted by molar-refractivity contribution is 7.91. The lowest BCUT2D eigenvalue weighted by Crippen LogP contribution is -2.18. The molecule has 0 fully saturated rings. The Labute approximate surface area is 93.8 Å². The molecule has 0 bridgehead atoms. The summed E-state index contributed by atoms with van der Waals surface area (Å²) >= 11 is 0.